The Balaban J connectivity index is 1.57. The van der Waals surface area contributed by atoms with Crippen LogP contribution >= 0.6 is 0 Å². The summed E-state index contributed by atoms with van der Waals surface area (Å²) in [6.45, 7) is 1.68. The van der Waals surface area contributed by atoms with E-state index in [9.17, 15) is 18.0 Å². The molecule has 1 atom stereocenters. The molecule has 3 rings (SSSR count). The molecule has 1 aliphatic rings. The summed E-state index contributed by atoms with van der Waals surface area (Å²) in [5.74, 6) is -0.531. The van der Waals surface area contributed by atoms with E-state index in [1.807, 2.05) is 18.2 Å². The predicted molar refractivity (Wildman–Crippen MR) is 93.3 cm³/mol. The molecule has 0 saturated carbocycles. The molecule has 2 N–H and O–H groups in total. The number of halogens is 3. The fourth-order valence-electron chi connectivity index (χ4n) is 2.97. The van der Waals surface area contributed by atoms with Gasteiger partial charge in [-0.1, -0.05) is 6.07 Å². The Kier molecular flexibility index (Phi) is 5.06. The first-order valence-electron chi connectivity index (χ1n) is 8.35. The van der Waals surface area contributed by atoms with Crippen molar-refractivity contribution in [1.29, 1.82) is 0 Å². The van der Waals surface area contributed by atoms with Gasteiger partial charge in [-0.05, 0) is 73.7 Å². The minimum Gasteiger partial charge on any atom is -0.406 e. The van der Waals surface area contributed by atoms with E-state index in [1.165, 1.54) is 35.4 Å². The third-order valence-electron chi connectivity index (χ3n) is 4.23. The second kappa shape index (κ2) is 7.27. The average molecular weight is 364 g/mol. The Morgan fingerprint density at radius 3 is 2.38 bits per heavy atom. The first-order chi connectivity index (χ1) is 12.3. The third kappa shape index (κ3) is 4.68. The van der Waals surface area contributed by atoms with Gasteiger partial charge in [-0.15, -0.1) is 13.2 Å². The van der Waals surface area contributed by atoms with Crippen LogP contribution in [0.3, 0.4) is 0 Å². The van der Waals surface area contributed by atoms with Crippen molar-refractivity contribution in [3.8, 4) is 5.75 Å². The Morgan fingerprint density at radius 1 is 1.04 bits per heavy atom. The minimum atomic E-state index is -4.72. The summed E-state index contributed by atoms with van der Waals surface area (Å²) in [6.07, 6.45) is -1.48. The molecule has 0 radical (unpaired) electrons. The Morgan fingerprint density at radius 2 is 1.69 bits per heavy atom. The van der Waals surface area contributed by atoms with Crippen LogP contribution in [0.1, 0.15) is 24.5 Å². The summed E-state index contributed by atoms with van der Waals surface area (Å²) in [7, 11) is 0. The maximum absolute atomic E-state index is 12.3. The number of carbonyl (C=O) groups is 1. The normalized spacial score (nSPS) is 14.5. The standard InChI is InChI=1S/C19H19F3N2O2/c1-12(23-15-7-9-17(10-8-15)26-19(20,21)22)18(25)24-16-6-5-13-3-2-4-14(13)11-16/h5-12,23H,2-4H2,1H3,(H,24,25)/t12-/m0/s1. The third-order valence-corrected chi connectivity index (χ3v) is 4.23. The van der Waals surface area contributed by atoms with Gasteiger partial charge in [0.05, 0.1) is 0 Å². The van der Waals surface area contributed by atoms with Gasteiger partial charge in [-0.3, -0.25) is 4.79 Å². The number of ether oxygens (including phenoxy) is 1. The first-order valence-corrected chi connectivity index (χ1v) is 8.35. The number of anilines is 2. The van der Waals surface area contributed by atoms with E-state index in [2.05, 4.69) is 15.4 Å². The van der Waals surface area contributed by atoms with Crippen LogP contribution in [-0.4, -0.2) is 18.3 Å². The fraction of sp³-hybridized carbons (Fsp3) is 0.316. The molecule has 0 heterocycles. The molecule has 2 aromatic rings. The molecule has 1 aliphatic carbocycles. The van der Waals surface area contributed by atoms with Gasteiger partial charge >= 0.3 is 6.36 Å². The van der Waals surface area contributed by atoms with Gasteiger partial charge in [-0.2, -0.15) is 0 Å². The zero-order chi connectivity index (χ0) is 18.7. The number of hydrogen-bond acceptors (Lipinski definition) is 3. The molecular weight excluding hydrogens is 345 g/mol. The quantitative estimate of drug-likeness (QED) is 0.821. The van der Waals surface area contributed by atoms with E-state index in [1.54, 1.807) is 6.92 Å². The van der Waals surface area contributed by atoms with Gasteiger partial charge in [0.1, 0.15) is 11.8 Å². The predicted octanol–water partition coefficient (Wildman–Crippen LogP) is 4.51. The number of rotatable bonds is 5. The highest BCUT2D eigenvalue weighted by molar-refractivity contribution is 5.96. The zero-order valence-electron chi connectivity index (χ0n) is 14.2. The van der Waals surface area contributed by atoms with Crippen LogP contribution in [0.15, 0.2) is 42.5 Å². The van der Waals surface area contributed by atoms with Crippen LogP contribution in [0.5, 0.6) is 5.75 Å². The van der Waals surface area contributed by atoms with Crippen molar-refractivity contribution in [3.05, 3.63) is 53.6 Å². The van der Waals surface area contributed by atoms with E-state index in [-0.39, 0.29) is 11.7 Å². The average Bonchev–Trinajstić information content (AvgIpc) is 3.03. The maximum Gasteiger partial charge on any atom is 0.573 e. The molecule has 0 aromatic heterocycles. The van der Waals surface area contributed by atoms with Gasteiger partial charge in [0, 0.05) is 11.4 Å². The highest BCUT2D eigenvalue weighted by Crippen LogP contribution is 2.26. The second-order valence-electron chi connectivity index (χ2n) is 6.26. The van der Waals surface area contributed by atoms with Crippen molar-refractivity contribution in [2.75, 3.05) is 10.6 Å². The smallest absolute Gasteiger partial charge is 0.406 e. The van der Waals surface area contributed by atoms with Gasteiger partial charge in [0.15, 0.2) is 0 Å². The lowest BCUT2D eigenvalue weighted by atomic mass is 10.1. The zero-order valence-corrected chi connectivity index (χ0v) is 14.2. The van der Waals surface area contributed by atoms with Crippen molar-refractivity contribution < 1.29 is 22.7 Å². The lowest BCUT2D eigenvalue weighted by Crippen LogP contribution is -2.31. The molecule has 7 heteroatoms. The first kappa shape index (κ1) is 18.1. The van der Waals surface area contributed by atoms with Crippen molar-refractivity contribution >= 4 is 17.3 Å². The molecule has 0 bridgehead atoms. The molecule has 0 fully saturated rings. The Labute approximate surface area is 149 Å². The molecule has 0 aliphatic heterocycles. The largest absolute Gasteiger partial charge is 0.573 e. The van der Waals surface area contributed by atoms with E-state index >= 15 is 0 Å². The van der Waals surface area contributed by atoms with Gasteiger partial charge in [0.25, 0.3) is 0 Å². The lowest BCUT2D eigenvalue weighted by Gasteiger charge is -2.16. The Hall–Kier alpha value is -2.70. The van der Waals surface area contributed by atoms with Crippen molar-refractivity contribution in [2.45, 2.75) is 38.6 Å². The SMILES string of the molecule is C[C@H](Nc1ccc(OC(F)(F)F)cc1)C(=O)Nc1ccc2c(c1)CCC2. The molecule has 26 heavy (non-hydrogen) atoms. The molecular formula is C19H19F3N2O2. The molecule has 2 aromatic carbocycles. The number of alkyl halides is 3. The molecule has 0 spiro atoms. The van der Waals surface area contributed by atoms with Gasteiger partial charge < -0.3 is 15.4 Å². The van der Waals surface area contributed by atoms with Crippen LogP contribution in [-0.2, 0) is 17.6 Å². The fourth-order valence-corrected chi connectivity index (χ4v) is 2.97. The minimum absolute atomic E-state index is 0.224. The van der Waals surface area contributed by atoms with E-state index < -0.39 is 12.4 Å². The van der Waals surface area contributed by atoms with Crippen LogP contribution in [0.4, 0.5) is 24.5 Å². The summed E-state index contributed by atoms with van der Waals surface area (Å²) in [4.78, 5) is 12.3. The van der Waals surface area contributed by atoms with Crippen molar-refractivity contribution in [1.82, 2.24) is 0 Å². The number of nitrogens with one attached hydrogen (secondary N) is 2. The summed E-state index contributed by atoms with van der Waals surface area (Å²) >= 11 is 0. The van der Waals surface area contributed by atoms with Crippen LogP contribution in [0.2, 0.25) is 0 Å². The summed E-state index contributed by atoms with van der Waals surface area (Å²) in [6, 6.07) is 10.6. The summed E-state index contributed by atoms with van der Waals surface area (Å²) < 4.78 is 40.3. The Bertz CT molecular complexity index is 788. The van der Waals surface area contributed by atoms with Gasteiger partial charge in [-0.25, -0.2) is 0 Å². The highest BCUT2D eigenvalue weighted by Gasteiger charge is 2.31. The molecule has 1 amide bonds. The number of fused-ring (bicyclic) bond motifs is 1. The van der Waals surface area contributed by atoms with Crippen LogP contribution < -0.4 is 15.4 Å². The van der Waals surface area contributed by atoms with E-state index in [0.29, 0.717) is 5.69 Å². The number of hydrogen-bond donors (Lipinski definition) is 2. The number of benzene rings is 2. The highest BCUT2D eigenvalue weighted by atomic mass is 19.4. The second-order valence-corrected chi connectivity index (χ2v) is 6.26. The molecule has 138 valence electrons. The molecule has 0 saturated heterocycles. The topological polar surface area (TPSA) is 50.4 Å². The lowest BCUT2D eigenvalue weighted by molar-refractivity contribution is -0.274. The maximum atomic E-state index is 12.3. The van der Waals surface area contributed by atoms with Gasteiger partial charge in [0.2, 0.25) is 5.91 Å². The van der Waals surface area contributed by atoms with Crippen LogP contribution in [0, 0.1) is 0 Å². The number of aryl methyl sites for hydroxylation is 2. The molecule has 4 nitrogen and oxygen atoms in total. The summed E-state index contributed by atoms with van der Waals surface area (Å²) in [5, 5.41) is 5.81. The monoisotopic (exact) mass is 364 g/mol. The van der Waals surface area contributed by atoms with Crippen LogP contribution in [0.25, 0.3) is 0 Å². The number of carbonyl (C=O) groups excluding carboxylic acids is 1. The summed E-state index contributed by atoms with van der Waals surface area (Å²) in [5.41, 5.74) is 3.87. The molecule has 0 unspecified atom stereocenters. The van der Waals surface area contributed by atoms with Crippen molar-refractivity contribution in [2.24, 2.45) is 0 Å². The van der Waals surface area contributed by atoms with E-state index in [0.717, 1.165) is 24.9 Å². The number of amides is 1. The van der Waals surface area contributed by atoms with Crippen molar-refractivity contribution in [3.63, 3.8) is 0 Å². The van der Waals surface area contributed by atoms with E-state index in [4.69, 9.17) is 0 Å².